The van der Waals surface area contributed by atoms with E-state index in [-0.39, 0.29) is 22.8 Å². The van der Waals surface area contributed by atoms with Crippen LogP contribution in [0.3, 0.4) is 0 Å². The number of aliphatic hydroxyl groups is 2. The Bertz CT molecular complexity index is 1170. The summed E-state index contributed by atoms with van der Waals surface area (Å²) >= 11 is 0.900. The number of hydrogen-bond donors (Lipinski definition) is 4. The molecule has 0 bridgehead atoms. The molecule has 2 aromatic rings. The molecule has 0 unspecified atom stereocenters. The smallest absolute Gasteiger partial charge is 0.271 e. The molecule has 2 amide bonds. The highest BCUT2D eigenvalue weighted by Crippen LogP contribution is 2.22. The maximum absolute atomic E-state index is 13.8. The van der Waals surface area contributed by atoms with Gasteiger partial charge in [-0.1, -0.05) is 19.8 Å². The van der Waals surface area contributed by atoms with Crippen molar-refractivity contribution in [1.29, 1.82) is 0 Å². The van der Waals surface area contributed by atoms with Crippen LogP contribution >= 0.6 is 11.3 Å². The molecule has 14 heteroatoms. The van der Waals surface area contributed by atoms with Crippen LogP contribution in [0.15, 0.2) is 23.6 Å². The molecular weight excluding hydrogens is 530 g/mol. The Balaban J connectivity index is 2.35. The molecule has 0 aliphatic rings. The molecule has 0 radical (unpaired) electrons. The van der Waals surface area contributed by atoms with Crippen molar-refractivity contribution < 1.29 is 37.0 Å². The van der Waals surface area contributed by atoms with Gasteiger partial charge in [-0.2, -0.15) is 0 Å². The maximum Gasteiger partial charge on any atom is 0.271 e. The number of aliphatic hydroxyl groups excluding tert-OH is 2. The number of hydrogen-bond acceptors (Lipinski definition) is 8. The zero-order valence-electron chi connectivity index (χ0n) is 20.9. The second-order valence-electron chi connectivity index (χ2n) is 8.74. The molecule has 0 fully saturated rings. The van der Waals surface area contributed by atoms with Gasteiger partial charge >= 0.3 is 0 Å². The third-order valence-electron chi connectivity index (χ3n) is 5.62. The van der Waals surface area contributed by atoms with E-state index in [0.717, 1.165) is 40.5 Å². The van der Waals surface area contributed by atoms with Gasteiger partial charge in [-0.25, -0.2) is 26.5 Å². The van der Waals surface area contributed by atoms with Crippen LogP contribution in [-0.4, -0.2) is 73.0 Å². The molecule has 0 saturated carbocycles. The van der Waals surface area contributed by atoms with E-state index in [9.17, 15) is 37.0 Å². The Hall–Kier alpha value is -2.68. The highest BCUT2D eigenvalue weighted by atomic mass is 32.2. The van der Waals surface area contributed by atoms with Crippen LogP contribution in [0.25, 0.3) is 0 Å². The van der Waals surface area contributed by atoms with Gasteiger partial charge in [-0.05, 0) is 30.5 Å². The molecule has 4 N–H and O–H groups in total. The molecule has 4 atom stereocenters. The molecule has 1 aromatic heterocycles. The first-order valence-corrected chi connectivity index (χ1v) is 14.2. The molecule has 1 aromatic carbocycles. The number of unbranched alkanes of at least 4 members (excludes halogenated alkanes) is 1. The predicted molar refractivity (Wildman–Crippen MR) is 136 cm³/mol. The van der Waals surface area contributed by atoms with Crippen LogP contribution in [0.2, 0.25) is 0 Å². The van der Waals surface area contributed by atoms with E-state index in [1.165, 1.54) is 19.4 Å². The lowest BCUT2D eigenvalue weighted by Crippen LogP contribution is -2.56. The topological polar surface area (TPSA) is 149 Å². The van der Waals surface area contributed by atoms with Crippen LogP contribution in [0.5, 0.6) is 0 Å². The molecule has 2 rings (SSSR count). The number of sulfonamides is 1. The molecule has 0 aliphatic carbocycles. The highest BCUT2D eigenvalue weighted by Gasteiger charge is 2.34. The second-order valence-corrected chi connectivity index (χ2v) is 11.6. The van der Waals surface area contributed by atoms with Crippen LogP contribution in [-0.2, 0) is 21.2 Å². The number of thiazole rings is 1. The molecule has 0 aliphatic heterocycles. The quantitative estimate of drug-likeness (QED) is 0.290. The van der Waals surface area contributed by atoms with E-state index in [1.54, 1.807) is 0 Å². The summed E-state index contributed by atoms with van der Waals surface area (Å²) in [5.74, 6) is -2.95. The van der Waals surface area contributed by atoms with Crippen molar-refractivity contribution in [3.8, 4) is 0 Å². The summed E-state index contributed by atoms with van der Waals surface area (Å²) in [6.45, 7) is 3.18. The largest absolute Gasteiger partial charge is 0.388 e. The highest BCUT2D eigenvalue weighted by molar-refractivity contribution is 7.92. The summed E-state index contributed by atoms with van der Waals surface area (Å²) in [6, 6.07) is 0.650. The van der Waals surface area contributed by atoms with Gasteiger partial charge in [0.1, 0.15) is 29.5 Å². The van der Waals surface area contributed by atoms with Gasteiger partial charge in [0.15, 0.2) is 5.13 Å². The lowest BCUT2D eigenvalue weighted by Gasteiger charge is -2.32. The van der Waals surface area contributed by atoms with Crippen molar-refractivity contribution in [2.75, 3.05) is 17.6 Å². The lowest BCUT2D eigenvalue weighted by atomic mass is 9.91. The van der Waals surface area contributed by atoms with Crippen LogP contribution < -0.4 is 14.9 Å². The molecule has 206 valence electrons. The predicted octanol–water partition coefficient (Wildman–Crippen LogP) is 1.57. The fourth-order valence-electron chi connectivity index (χ4n) is 3.63. The second kappa shape index (κ2) is 13.2. The van der Waals surface area contributed by atoms with Gasteiger partial charge in [-0.3, -0.25) is 9.59 Å². The number of nitrogens with zero attached hydrogens (tertiary/aromatic N) is 2. The van der Waals surface area contributed by atoms with Gasteiger partial charge in [0.25, 0.3) is 5.91 Å². The summed E-state index contributed by atoms with van der Waals surface area (Å²) < 4.78 is 52.0. The van der Waals surface area contributed by atoms with Crippen molar-refractivity contribution >= 4 is 38.3 Å². The minimum absolute atomic E-state index is 0.0299. The first-order chi connectivity index (χ1) is 17.2. The third kappa shape index (κ3) is 8.98. The first-order valence-electron chi connectivity index (χ1n) is 11.5. The van der Waals surface area contributed by atoms with Gasteiger partial charge in [0, 0.05) is 25.4 Å². The normalized spacial score (nSPS) is 14.9. The maximum atomic E-state index is 13.8. The van der Waals surface area contributed by atoms with E-state index in [2.05, 4.69) is 15.6 Å². The Morgan fingerprint density at radius 1 is 1.11 bits per heavy atom. The summed E-state index contributed by atoms with van der Waals surface area (Å²) in [7, 11) is -2.35. The Labute approximate surface area is 218 Å². The van der Waals surface area contributed by atoms with Crippen LogP contribution in [0.1, 0.15) is 49.2 Å². The molecular formula is C23H32F2N4O6S2. The molecule has 1 heterocycles. The van der Waals surface area contributed by atoms with E-state index >= 15 is 0 Å². The zero-order chi connectivity index (χ0) is 27.9. The van der Waals surface area contributed by atoms with Gasteiger partial charge in [0.2, 0.25) is 15.9 Å². The third-order valence-corrected chi connectivity index (χ3v) is 7.82. The minimum atomic E-state index is -3.62. The number of rotatable bonds is 13. The number of carbonyl (C=O) groups excluding carboxylic acids is 2. The molecule has 10 nitrogen and oxygen atoms in total. The fraction of sp³-hybridized carbons (Fsp3) is 0.522. The molecule has 0 spiro atoms. The number of aromatic nitrogens is 1. The summed E-state index contributed by atoms with van der Waals surface area (Å²) in [6.07, 6.45) is -0.728. The summed E-state index contributed by atoms with van der Waals surface area (Å²) in [5, 5.41) is 28.4. The van der Waals surface area contributed by atoms with Crippen molar-refractivity contribution in [3.05, 3.63) is 46.5 Å². The monoisotopic (exact) mass is 562 g/mol. The number of anilines is 1. The van der Waals surface area contributed by atoms with Crippen LogP contribution in [0.4, 0.5) is 13.9 Å². The van der Waals surface area contributed by atoms with E-state index in [1.807, 2.05) is 6.92 Å². The molecule has 37 heavy (non-hydrogen) atoms. The van der Waals surface area contributed by atoms with Crippen molar-refractivity contribution in [2.45, 2.75) is 63.8 Å². The van der Waals surface area contributed by atoms with Crippen LogP contribution in [0, 0.1) is 11.6 Å². The number of nitrogens with one attached hydrogen (secondary N) is 2. The Kier molecular flexibility index (Phi) is 10.9. The van der Waals surface area contributed by atoms with Gasteiger partial charge in [0.05, 0.1) is 18.3 Å². The lowest BCUT2D eigenvalue weighted by molar-refractivity contribution is -0.121. The van der Waals surface area contributed by atoms with E-state index in [0.29, 0.717) is 18.9 Å². The average molecular weight is 563 g/mol. The number of benzene rings is 1. The molecule has 0 saturated heterocycles. The minimum Gasteiger partial charge on any atom is -0.388 e. The van der Waals surface area contributed by atoms with Crippen molar-refractivity contribution in [3.63, 3.8) is 0 Å². The fourth-order valence-corrected chi connectivity index (χ4v) is 5.16. The number of amides is 2. The average Bonchev–Trinajstić information content (AvgIpc) is 3.28. The van der Waals surface area contributed by atoms with Crippen molar-refractivity contribution in [1.82, 2.24) is 15.6 Å². The summed E-state index contributed by atoms with van der Waals surface area (Å²) in [4.78, 5) is 28.6. The van der Waals surface area contributed by atoms with Gasteiger partial charge < -0.3 is 20.8 Å². The van der Waals surface area contributed by atoms with E-state index in [4.69, 9.17) is 0 Å². The Morgan fingerprint density at radius 2 is 1.70 bits per heavy atom. The number of halogens is 2. The standard InChI is InChI=1S/C23H32F2N4O6S2/c1-5-6-7-17(26-13(2)30)20(31)21(32)18(10-14-8-15(24)11-16(25)9-14)27-22(33)19-12-36-23(28-19)29(3)37(4,34)35/h8-9,11-12,17-18,20-21,31-32H,5-7,10H2,1-4H3,(H,26,30)(H,27,33)/t17-,18+,20-,21-/m1/s1. The summed E-state index contributed by atoms with van der Waals surface area (Å²) in [5.41, 5.74) is -0.0496. The van der Waals surface area contributed by atoms with E-state index < -0.39 is 57.8 Å². The number of carbonyl (C=O) groups is 2. The first kappa shape index (κ1) is 30.5. The van der Waals surface area contributed by atoms with Gasteiger partial charge in [-0.15, -0.1) is 11.3 Å². The van der Waals surface area contributed by atoms with Crippen molar-refractivity contribution in [2.24, 2.45) is 0 Å². The SMILES string of the molecule is CCCC[C@@H](NC(C)=O)[C@@H](O)[C@H](O)[C@H](Cc1cc(F)cc(F)c1)NC(=O)c1csc(N(C)S(C)(=O)=O)n1. The Morgan fingerprint density at radius 3 is 2.24 bits per heavy atom. The zero-order valence-corrected chi connectivity index (χ0v) is 22.6.